The molecule has 1 aromatic rings. The molecule has 4 nitrogen and oxygen atoms in total. The topological polar surface area (TPSA) is 27.7 Å². The van der Waals surface area contributed by atoms with Gasteiger partial charge in [0.1, 0.15) is 18.0 Å². The molecule has 0 amide bonds. The van der Waals surface area contributed by atoms with E-state index in [4.69, 9.17) is 4.74 Å². The quantitative estimate of drug-likeness (QED) is 0.906. The Kier molecular flexibility index (Phi) is 4.45. The first-order valence-corrected chi connectivity index (χ1v) is 7.88. The van der Waals surface area contributed by atoms with Crippen molar-refractivity contribution < 1.29 is 4.74 Å². The van der Waals surface area contributed by atoms with Crippen molar-refractivity contribution in [2.24, 2.45) is 5.92 Å². The highest BCUT2D eigenvalue weighted by atomic mass is 35.5. The van der Waals surface area contributed by atoms with E-state index in [9.17, 15) is 0 Å². The van der Waals surface area contributed by atoms with Gasteiger partial charge in [-0.3, -0.25) is 0 Å². The molecule has 0 radical (unpaired) electrons. The number of para-hydroxylation sites is 1. The molecule has 4 rings (SSSR count). The van der Waals surface area contributed by atoms with Crippen molar-refractivity contribution in [1.29, 1.82) is 0 Å². The molecule has 5 heteroatoms. The SMILES string of the molecule is Cl.c1cc2c3c(c1)N(CC1CCNCC1)CCN3CCO2. The lowest BCUT2D eigenvalue weighted by Gasteiger charge is -2.43. The molecular formula is C16H24ClN3O. The van der Waals surface area contributed by atoms with Crippen molar-refractivity contribution in [2.45, 2.75) is 12.8 Å². The maximum Gasteiger partial charge on any atom is 0.144 e. The lowest BCUT2D eigenvalue weighted by molar-refractivity contribution is 0.305. The van der Waals surface area contributed by atoms with Gasteiger partial charge in [0.2, 0.25) is 0 Å². The monoisotopic (exact) mass is 309 g/mol. The van der Waals surface area contributed by atoms with Gasteiger partial charge in [0.25, 0.3) is 0 Å². The van der Waals surface area contributed by atoms with Gasteiger partial charge in [0, 0.05) is 19.6 Å². The molecule has 1 fully saturated rings. The number of nitrogens with one attached hydrogen (secondary N) is 1. The number of halogens is 1. The summed E-state index contributed by atoms with van der Waals surface area (Å²) in [5.41, 5.74) is 2.71. The van der Waals surface area contributed by atoms with Gasteiger partial charge in [0.05, 0.1) is 12.2 Å². The van der Waals surface area contributed by atoms with Crippen LogP contribution in [0.15, 0.2) is 18.2 Å². The van der Waals surface area contributed by atoms with E-state index in [1.165, 1.54) is 43.9 Å². The molecule has 0 aliphatic carbocycles. The highest BCUT2D eigenvalue weighted by Crippen LogP contribution is 2.42. The minimum Gasteiger partial charge on any atom is -0.489 e. The largest absolute Gasteiger partial charge is 0.489 e. The van der Waals surface area contributed by atoms with E-state index in [2.05, 4.69) is 33.3 Å². The summed E-state index contributed by atoms with van der Waals surface area (Å²) in [5.74, 6) is 1.91. The number of hydrogen-bond acceptors (Lipinski definition) is 4. The molecule has 1 N–H and O–H groups in total. The summed E-state index contributed by atoms with van der Waals surface area (Å²) >= 11 is 0. The summed E-state index contributed by atoms with van der Waals surface area (Å²) in [6.07, 6.45) is 2.62. The molecule has 0 spiro atoms. The Morgan fingerprint density at radius 3 is 2.86 bits per heavy atom. The highest BCUT2D eigenvalue weighted by Gasteiger charge is 2.29. The molecule has 116 valence electrons. The molecule has 3 aliphatic rings. The van der Waals surface area contributed by atoms with Crippen LogP contribution in [0.4, 0.5) is 11.4 Å². The molecule has 3 aliphatic heterocycles. The van der Waals surface area contributed by atoms with E-state index in [1.807, 2.05) is 0 Å². The highest BCUT2D eigenvalue weighted by molar-refractivity contribution is 5.85. The number of rotatable bonds is 2. The van der Waals surface area contributed by atoms with Crippen molar-refractivity contribution in [3.63, 3.8) is 0 Å². The average Bonchev–Trinajstić information content (AvgIpc) is 2.51. The van der Waals surface area contributed by atoms with Gasteiger partial charge < -0.3 is 19.9 Å². The van der Waals surface area contributed by atoms with Crippen molar-refractivity contribution in [3.8, 4) is 5.75 Å². The fourth-order valence-electron chi connectivity index (χ4n) is 3.73. The van der Waals surface area contributed by atoms with E-state index in [0.717, 1.165) is 37.9 Å². The van der Waals surface area contributed by atoms with Crippen LogP contribution in [0.3, 0.4) is 0 Å². The molecule has 0 aromatic heterocycles. The van der Waals surface area contributed by atoms with E-state index in [1.54, 1.807) is 0 Å². The summed E-state index contributed by atoms with van der Waals surface area (Å²) in [4.78, 5) is 5.08. The zero-order valence-corrected chi connectivity index (χ0v) is 13.2. The summed E-state index contributed by atoms with van der Waals surface area (Å²) in [6.45, 7) is 7.71. The van der Waals surface area contributed by atoms with Gasteiger partial charge in [-0.2, -0.15) is 0 Å². The third-order valence-corrected chi connectivity index (χ3v) is 4.83. The number of anilines is 2. The third kappa shape index (κ3) is 2.79. The Labute approximate surface area is 132 Å². The Morgan fingerprint density at radius 1 is 1.14 bits per heavy atom. The second-order valence-electron chi connectivity index (χ2n) is 6.10. The average molecular weight is 310 g/mol. The predicted octanol–water partition coefficient (Wildman–Crippen LogP) is 2.13. The van der Waals surface area contributed by atoms with E-state index >= 15 is 0 Å². The Bertz CT molecular complexity index is 490. The normalized spacial score (nSPS) is 21.3. The number of nitrogens with zero attached hydrogens (tertiary/aromatic N) is 2. The molecule has 21 heavy (non-hydrogen) atoms. The first kappa shape index (κ1) is 14.8. The second-order valence-corrected chi connectivity index (χ2v) is 6.10. The van der Waals surface area contributed by atoms with Crippen LogP contribution < -0.4 is 19.9 Å². The molecular weight excluding hydrogens is 286 g/mol. The van der Waals surface area contributed by atoms with Crippen LogP contribution in [0.1, 0.15) is 12.8 Å². The lowest BCUT2D eigenvalue weighted by atomic mass is 9.96. The van der Waals surface area contributed by atoms with Gasteiger partial charge in [-0.25, -0.2) is 0 Å². The van der Waals surface area contributed by atoms with Crippen LogP contribution >= 0.6 is 12.4 Å². The lowest BCUT2D eigenvalue weighted by Crippen LogP contribution is -2.47. The first-order valence-electron chi connectivity index (χ1n) is 7.88. The van der Waals surface area contributed by atoms with Crippen LogP contribution in [0.5, 0.6) is 5.75 Å². The number of ether oxygens (including phenoxy) is 1. The van der Waals surface area contributed by atoms with Crippen molar-refractivity contribution in [3.05, 3.63) is 18.2 Å². The van der Waals surface area contributed by atoms with Gasteiger partial charge in [0.15, 0.2) is 0 Å². The van der Waals surface area contributed by atoms with Crippen molar-refractivity contribution in [2.75, 3.05) is 55.7 Å². The van der Waals surface area contributed by atoms with E-state index in [0.29, 0.717) is 0 Å². The van der Waals surface area contributed by atoms with Crippen LogP contribution in [0.2, 0.25) is 0 Å². The number of benzene rings is 1. The molecule has 0 bridgehead atoms. The maximum atomic E-state index is 5.83. The van der Waals surface area contributed by atoms with Gasteiger partial charge in [-0.1, -0.05) is 6.07 Å². The zero-order chi connectivity index (χ0) is 13.4. The summed E-state index contributed by atoms with van der Waals surface area (Å²) in [5, 5.41) is 3.46. The fourth-order valence-corrected chi connectivity index (χ4v) is 3.73. The third-order valence-electron chi connectivity index (χ3n) is 4.83. The first-order chi connectivity index (χ1) is 9.92. The summed E-state index contributed by atoms with van der Waals surface area (Å²) in [7, 11) is 0. The zero-order valence-electron chi connectivity index (χ0n) is 12.4. The summed E-state index contributed by atoms with van der Waals surface area (Å²) in [6, 6.07) is 6.51. The Balaban J connectivity index is 0.00000132. The molecule has 0 saturated carbocycles. The number of hydrogen-bond donors (Lipinski definition) is 1. The van der Waals surface area contributed by atoms with Gasteiger partial charge in [-0.15, -0.1) is 12.4 Å². The van der Waals surface area contributed by atoms with E-state index in [-0.39, 0.29) is 12.4 Å². The second kappa shape index (κ2) is 6.32. The minimum absolute atomic E-state index is 0. The molecule has 1 aromatic carbocycles. The molecule has 0 atom stereocenters. The van der Waals surface area contributed by atoms with Gasteiger partial charge >= 0.3 is 0 Å². The molecule has 1 saturated heterocycles. The smallest absolute Gasteiger partial charge is 0.144 e. The van der Waals surface area contributed by atoms with Crippen LogP contribution in [-0.4, -0.2) is 45.9 Å². The Hall–Kier alpha value is -1.13. The van der Waals surface area contributed by atoms with Crippen molar-refractivity contribution in [1.82, 2.24) is 5.32 Å². The summed E-state index contributed by atoms with van der Waals surface area (Å²) < 4.78 is 5.83. The minimum atomic E-state index is 0. The predicted molar refractivity (Wildman–Crippen MR) is 89.2 cm³/mol. The van der Waals surface area contributed by atoms with Crippen molar-refractivity contribution >= 4 is 23.8 Å². The fraction of sp³-hybridized carbons (Fsp3) is 0.625. The standard InChI is InChI=1S/C16H23N3O.ClH/c1-2-14-16-15(3-1)20-11-10-18(16)8-9-19(14)12-13-4-6-17-7-5-13;/h1-3,13,17H,4-12H2;1H. The molecule has 3 heterocycles. The van der Waals surface area contributed by atoms with E-state index < -0.39 is 0 Å². The Morgan fingerprint density at radius 2 is 2.00 bits per heavy atom. The van der Waals surface area contributed by atoms with Crippen LogP contribution in [0, 0.1) is 5.92 Å². The van der Waals surface area contributed by atoms with Crippen LogP contribution in [-0.2, 0) is 0 Å². The molecule has 0 unspecified atom stereocenters. The van der Waals surface area contributed by atoms with Gasteiger partial charge in [-0.05, 0) is 44.0 Å². The number of piperidine rings is 1. The maximum absolute atomic E-state index is 5.83. The van der Waals surface area contributed by atoms with Crippen LogP contribution in [0.25, 0.3) is 0 Å².